The van der Waals surface area contributed by atoms with Crippen LogP contribution in [0, 0.1) is 0 Å². The minimum absolute atomic E-state index is 0.193. The molecule has 1 saturated heterocycles. The largest absolute Gasteiger partial charge is 0.493 e. The highest BCUT2D eigenvalue weighted by molar-refractivity contribution is 9.10. The lowest BCUT2D eigenvalue weighted by atomic mass is 9.95. The van der Waals surface area contributed by atoms with E-state index in [1.165, 1.54) is 17.8 Å². The maximum atomic E-state index is 14.0. The van der Waals surface area contributed by atoms with Crippen LogP contribution in [-0.2, 0) is 9.53 Å². The first-order chi connectivity index (χ1) is 19.4. The first-order valence-electron chi connectivity index (χ1n) is 13.4. The number of anilines is 1. The van der Waals surface area contributed by atoms with Gasteiger partial charge in [0.15, 0.2) is 22.2 Å². The Labute approximate surface area is 244 Å². The number of halogens is 1. The van der Waals surface area contributed by atoms with E-state index in [0.29, 0.717) is 48.9 Å². The molecule has 2 aromatic heterocycles. The number of nitrogens with zero attached hydrogens (tertiary/aromatic N) is 3. The third-order valence-electron chi connectivity index (χ3n) is 6.95. The summed E-state index contributed by atoms with van der Waals surface area (Å²) in [5, 5.41) is 0. The van der Waals surface area contributed by atoms with Crippen molar-refractivity contribution in [2.45, 2.75) is 46.1 Å². The third kappa shape index (κ3) is 5.36. The Morgan fingerprint density at radius 2 is 1.95 bits per heavy atom. The van der Waals surface area contributed by atoms with Gasteiger partial charge in [-0.25, -0.2) is 9.79 Å². The minimum Gasteiger partial charge on any atom is -0.493 e. The Morgan fingerprint density at radius 3 is 2.65 bits per heavy atom. The molecule has 40 heavy (non-hydrogen) atoms. The van der Waals surface area contributed by atoms with Crippen LogP contribution in [0.5, 0.6) is 11.5 Å². The number of carbonyl (C=O) groups is 1. The second-order valence-corrected chi connectivity index (χ2v) is 11.3. The van der Waals surface area contributed by atoms with E-state index in [0.717, 1.165) is 31.8 Å². The summed E-state index contributed by atoms with van der Waals surface area (Å²) in [6.45, 7) is 7.97. The van der Waals surface area contributed by atoms with Gasteiger partial charge in [0, 0.05) is 29.7 Å². The average molecular weight is 631 g/mol. The molecule has 212 valence electrons. The van der Waals surface area contributed by atoms with Crippen molar-refractivity contribution in [2.75, 3.05) is 38.3 Å². The fourth-order valence-corrected chi connectivity index (χ4v) is 6.67. The molecule has 1 atom stereocenters. The van der Waals surface area contributed by atoms with Gasteiger partial charge in [0.2, 0.25) is 0 Å². The van der Waals surface area contributed by atoms with Gasteiger partial charge in [-0.1, -0.05) is 27.3 Å². The maximum absolute atomic E-state index is 14.0. The molecule has 0 aliphatic carbocycles. The second kappa shape index (κ2) is 12.1. The van der Waals surface area contributed by atoms with Crippen molar-refractivity contribution in [3.05, 3.63) is 71.0 Å². The Hall–Kier alpha value is -3.31. The number of rotatable bonds is 8. The lowest BCUT2D eigenvalue weighted by Crippen LogP contribution is -2.40. The highest BCUT2D eigenvalue weighted by Gasteiger charge is 2.35. The molecule has 0 amide bonds. The molecule has 11 heteroatoms. The lowest BCUT2D eigenvalue weighted by Gasteiger charge is -2.26. The van der Waals surface area contributed by atoms with Gasteiger partial charge in [-0.3, -0.25) is 9.36 Å². The number of esters is 1. The van der Waals surface area contributed by atoms with Gasteiger partial charge in [-0.2, -0.15) is 0 Å². The topological polar surface area (TPSA) is 95.5 Å². The van der Waals surface area contributed by atoms with Crippen molar-refractivity contribution in [3.8, 4) is 11.5 Å². The maximum Gasteiger partial charge on any atom is 0.338 e. The van der Waals surface area contributed by atoms with Crippen LogP contribution in [0.3, 0.4) is 0 Å². The summed E-state index contributed by atoms with van der Waals surface area (Å²) in [4.78, 5) is 34.6. The van der Waals surface area contributed by atoms with Gasteiger partial charge < -0.3 is 23.5 Å². The predicted octanol–water partition coefficient (Wildman–Crippen LogP) is 4.55. The monoisotopic (exact) mass is 629 g/mol. The van der Waals surface area contributed by atoms with E-state index < -0.39 is 12.0 Å². The third-order valence-corrected chi connectivity index (χ3v) is 8.62. The molecule has 1 aromatic carbocycles. The van der Waals surface area contributed by atoms with Crippen molar-refractivity contribution < 1.29 is 23.4 Å². The minimum atomic E-state index is -0.795. The van der Waals surface area contributed by atoms with Gasteiger partial charge in [0.1, 0.15) is 5.76 Å². The Morgan fingerprint density at radius 1 is 1.18 bits per heavy atom. The predicted molar refractivity (Wildman–Crippen MR) is 157 cm³/mol. The number of ether oxygens (including phenoxy) is 3. The van der Waals surface area contributed by atoms with Crippen LogP contribution in [0.1, 0.15) is 57.4 Å². The van der Waals surface area contributed by atoms with Crippen LogP contribution in [-0.4, -0.2) is 43.9 Å². The fourth-order valence-electron chi connectivity index (χ4n) is 5.11. The quantitative estimate of drug-likeness (QED) is 0.337. The standard InChI is InChI=1S/C29H32BrN3O6S/c1-5-37-22-16-20(30)19(15-21(22)36-4)26-25(28(35)38-6-2)17(3)31-29-33(26)27(34)23(40-29)14-18-10-11-24(39-18)32-12-8-7-9-13-32/h10-11,14-16,26H,5-9,12-13H2,1-4H3/b23-14+/t26-/m1/s1. The van der Waals surface area contributed by atoms with Crippen molar-refractivity contribution in [1.82, 2.24) is 4.57 Å². The van der Waals surface area contributed by atoms with Crippen LogP contribution in [0.15, 0.2) is 54.2 Å². The first-order valence-corrected chi connectivity index (χ1v) is 15.0. The summed E-state index contributed by atoms with van der Waals surface area (Å²) in [5.41, 5.74) is 1.15. The van der Waals surface area contributed by atoms with E-state index in [1.807, 2.05) is 19.1 Å². The molecule has 0 radical (unpaired) electrons. The molecule has 5 rings (SSSR count). The summed E-state index contributed by atoms with van der Waals surface area (Å²) < 4.78 is 25.5. The molecule has 3 aromatic rings. The summed E-state index contributed by atoms with van der Waals surface area (Å²) >= 11 is 4.90. The fraction of sp³-hybridized carbons (Fsp3) is 0.414. The molecule has 2 aliphatic heterocycles. The van der Waals surface area contributed by atoms with Crippen LogP contribution in [0.25, 0.3) is 6.08 Å². The van der Waals surface area contributed by atoms with Gasteiger partial charge in [-0.05, 0) is 63.8 Å². The number of methoxy groups -OCH3 is 1. The van der Waals surface area contributed by atoms with Crippen LogP contribution in [0.4, 0.5) is 5.88 Å². The van der Waals surface area contributed by atoms with E-state index in [9.17, 15) is 9.59 Å². The lowest BCUT2D eigenvalue weighted by molar-refractivity contribution is -0.139. The molecule has 2 aliphatic rings. The van der Waals surface area contributed by atoms with E-state index in [4.69, 9.17) is 18.6 Å². The zero-order valence-corrected chi connectivity index (χ0v) is 25.4. The molecular weight excluding hydrogens is 598 g/mol. The molecule has 0 spiro atoms. The van der Waals surface area contributed by atoms with Gasteiger partial charge >= 0.3 is 5.97 Å². The number of carbonyl (C=O) groups excluding carboxylic acids is 1. The number of aromatic nitrogens is 1. The Kier molecular flexibility index (Phi) is 8.51. The van der Waals surface area contributed by atoms with Crippen LogP contribution >= 0.6 is 27.3 Å². The van der Waals surface area contributed by atoms with Crippen LogP contribution in [0.2, 0.25) is 0 Å². The molecule has 0 bridgehead atoms. The molecule has 4 heterocycles. The van der Waals surface area contributed by atoms with Crippen molar-refractivity contribution in [3.63, 3.8) is 0 Å². The van der Waals surface area contributed by atoms with Crippen molar-refractivity contribution in [1.29, 1.82) is 0 Å². The highest BCUT2D eigenvalue weighted by atomic mass is 79.9. The second-order valence-electron chi connectivity index (χ2n) is 9.48. The molecule has 9 nitrogen and oxygen atoms in total. The Balaban J connectivity index is 1.65. The number of fused-ring (bicyclic) bond motifs is 1. The van der Waals surface area contributed by atoms with Crippen molar-refractivity contribution >= 4 is 45.2 Å². The number of thiazole rings is 1. The average Bonchev–Trinajstić information content (AvgIpc) is 3.53. The SMILES string of the molecule is CCOC(=O)C1=C(C)N=c2s/c(=C/c3ccc(N4CCCCC4)o3)c(=O)n2[C@@H]1c1cc(OC)c(OCC)cc1Br. The smallest absolute Gasteiger partial charge is 0.338 e. The molecule has 0 N–H and O–H groups in total. The van der Waals surface area contributed by atoms with Gasteiger partial charge in [0.05, 0.1) is 42.2 Å². The van der Waals surface area contributed by atoms with E-state index >= 15 is 0 Å². The molecule has 0 unspecified atom stereocenters. The Bertz CT molecular complexity index is 1630. The van der Waals surface area contributed by atoms with Crippen LogP contribution < -0.4 is 29.3 Å². The van der Waals surface area contributed by atoms with Gasteiger partial charge in [0.25, 0.3) is 5.56 Å². The number of allylic oxidation sites excluding steroid dienone is 1. The number of hydrogen-bond acceptors (Lipinski definition) is 9. The zero-order chi connectivity index (χ0) is 28.4. The summed E-state index contributed by atoms with van der Waals surface area (Å²) in [6, 6.07) is 6.60. The zero-order valence-electron chi connectivity index (χ0n) is 23.0. The van der Waals surface area contributed by atoms with E-state index in [2.05, 4.69) is 25.8 Å². The molecule has 0 saturated carbocycles. The van der Waals surface area contributed by atoms with Gasteiger partial charge in [-0.15, -0.1) is 0 Å². The highest BCUT2D eigenvalue weighted by Crippen LogP contribution is 2.41. The summed E-state index contributed by atoms with van der Waals surface area (Å²) in [7, 11) is 1.55. The normalized spacial score (nSPS) is 17.5. The van der Waals surface area contributed by atoms with E-state index in [-0.39, 0.29) is 17.7 Å². The van der Waals surface area contributed by atoms with E-state index in [1.54, 1.807) is 43.7 Å². The number of benzene rings is 1. The summed E-state index contributed by atoms with van der Waals surface area (Å²) in [6.07, 6.45) is 5.26. The number of hydrogen-bond donors (Lipinski definition) is 0. The van der Waals surface area contributed by atoms with Crippen molar-refractivity contribution in [2.24, 2.45) is 4.99 Å². The molecule has 1 fully saturated rings. The number of furan rings is 1. The first kappa shape index (κ1) is 28.2. The molecular formula is C29H32BrN3O6S. The summed E-state index contributed by atoms with van der Waals surface area (Å²) in [5.74, 6) is 1.91. The number of piperidine rings is 1.